The molecule has 0 saturated carbocycles. The van der Waals surface area contributed by atoms with Crippen molar-refractivity contribution in [1.82, 2.24) is 15.1 Å². The summed E-state index contributed by atoms with van der Waals surface area (Å²) in [4.78, 5) is 0. The molecule has 0 bridgehead atoms. The van der Waals surface area contributed by atoms with Gasteiger partial charge >= 0.3 is 0 Å². The van der Waals surface area contributed by atoms with E-state index in [-0.39, 0.29) is 5.69 Å². The molecule has 1 aromatic carbocycles. The summed E-state index contributed by atoms with van der Waals surface area (Å²) in [7, 11) is 1.83. The quantitative estimate of drug-likeness (QED) is 0.847. The van der Waals surface area contributed by atoms with Gasteiger partial charge < -0.3 is 5.32 Å². The summed E-state index contributed by atoms with van der Waals surface area (Å²) in [6, 6.07) is 1.82. The van der Waals surface area contributed by atoms with Crippen molar-refractivity contribution in [2.75, 3.05) is 13.6 Å². The second kappa shape index (κ2) is 5.22. The summed E-state index contributed by atoms with van der Waals surface area (Å²) >= 11 is 0. The fraction of sp³-hybridized carbons (Fsp3) is 0.250. The Kier molecular flexibility index (Phi) is 3.66. The molecule has 0 aliphatic heterocycles. The third kappa shape index (κ3) is 2.53. The van der Waals surface area contributed by atoms with E-state index in [2.05, 4.69) is 10.4 Å². The van der Waals surface area contributed by atoms with E-state index in [9.17, 15) is 13.2 Å². The van der Waals surface area contributed by atoms with Crippen molar-refractivity contribution in [2.24, 2.45) is 0 Å². The van der Waals surface area contributed by atoms with Gasteiger partial charge in [-0.15, -0.1) is 0 Å². The minimum absolute atomic E-state index is 0.155. The molecule has 0 unspecified atom stereocenters. The molecule has 0 amide bonds. The number of halogens is 3. The van der Waals surface area contributed by atoms with Crippen LogP contribution in [0.25, 0.3) is 5.69 Å². The lowest BCUT2D eigenvalue weighted by molar-refractivity contribution is 0.446. The van der Waals surface area contributed by atoms with Gasteiger partial charge in [0.15, 0.2) is 17.5 Å². The van der Waals surface area contributed by atoms with Crippen LogP contribution in [0, 0.1) is 17.5 Å². The number of rotatable bonds is 4. The normalized spacial score (nSPS) is 10.9. The van der Waals surface area contributed by atoms with Crippen molar-refractivity contribution >= 4 is 0 Å². The van der Waals surface area contributed by atoms with Gasteiger partial charge in [-0.1, -0.05) is 0 Å². The highest BCUT2D eigenvalue weighted by molar-refractivity contribution is 5.33. The summed E-state index contributed by atoms with van der Waals surface area (Å²) < 4.78 is 40.3. The second-order valence-electron chi connectivity index (χ2n) is 3.87. The summed E-state index contributed by atoms with van der Waals surface area (Å²) in [5, 5.41) is 6.97. The third-order valence-corrected chi connectivity index (χ3v) is 2.53. The first kappa shape index (κ1) is 12.6. The van der Waals surface area contributed by atoms with Crippen molar-refractivity contribution < 1.29 is 13.2 Å². The van der Waals surface area contributed by atoms with Crippen LogP contribution >= 0.6 is 0 Å². The molecule has 96 valence electrons. The topological polar surface area (TPSA) is 29.9 Å². The Balaban J connectivity index is 2.28. The predicted molar refractivity (Wildman–Crippen MR) is 61.1 cm³/mol. The Morgan fingerprint density at radius 1 is 1.22 bits per heavy atom. The maximum Gasteiger partial charge on any atom is 0.194 e. The lowest BCUT2D eigenvalue weighted by atomic mass is 10.2. The Bertz CT molecular complexity index is 528. The number of nitrogens with one attached hydrogen (secondary N) is 1. The predicted octanol–water partition coefficient (Wildman–Crippen LogP) is 2.05. The molecule has 3 nitrogen and oxygen atoms in total. The lowest BCUT2D eigenvalue weighted by Gasteiger charge is -2.03. The zero-order valence-electron chi connectivity index (χ0n) is 9.75. The van der Waals surface area contributed by atoms with E-state index in [1.54, 1.807) is 12.4 Å². The number of hydrogen-bond acceptors (Lipinski definition) is 2. The molecular formula is C12H12F3N3. The smallest absolute Gasteiger partial charge is 0.194 e. The number of hydrogen-bond donors (Lipinski definition) is 1. The van der Waals surface area contributed by atoms with Crippen LogP contribution in [0.5, 0.6) is 0 Å². The molecule has 2 aromatic rings. The molecule has 1 aromatic heterocycles. The molecule has 2 rings (SSSR count). The highest BCUT2D eigenvalue weighted by Gasteiger charge is 2.12. The van der Waals surface area contributed by atoms with Crippen molar-refractivity contribution in [3.63, 3.8) is 0 Å². The van der Waals surface area contributed by atoms with Gasteiger partial charge in [0, 0.05) is 18.3 Å². The maximum absolute atomic E-state index is 13.1. The Labute approximate surface area is 102 Å². The van der Waals surface area contributed by atoms with Crippen molar-refractivity contribution in [1.29, 1.82) is 0 Å². The van der Waals surface area contributed by atoms with Gasteiger partial charge in [0.05, 0.1) is 11.9 Å². The van der Waals surface area contributed by atoms with Gasteiger partial charge in [-0.3, -0.25) is 0 Å². The van der Waals surface area contributed by atoms with Crippen LogP contribution in [0.1, 0.15) is 5.56 Å². The van der Waals surface area contributed by atoms with Crippen LogP contribution in [-0.4, -0.2) is 23.4 Å². The van der Waals surface area contributed by atoms with Gasteiger partial charge in [-0.25, -0.2) is 17.9 Å². The molecule has 0 radical (unpaired) electrons. The molecule has 18 heavy (non-hydrogen) atoms. The van der Waals surface area contributed by atoms with Gasteiger partial charge in [0.25, 0.3) is 0 Å². The van der Waals surface area contributed by atoms with E-state index in [1.807, 2.05) is 7.05 Å². The summed E-state index contributed by atoms with van der Waals surface area (Å²) in [5.74, 6) is -3.92. The molecular weight excluding hydrogens is 243 g/mol. The molecule has 0 atom stereocenters. The number of aromatic nitrogens is 2. The molecule has 1 N–H and O–H groups in total. The van der Waals surface area contributed by atoms with E-state index < -0.39 is 17.5 Å². The van der Waals surface area contributed by atoms with E-state index in [0.29, 0.717) is 0 Å². The third-order valence-electron chi connectivity index (χ3n) is 2.53. The van der Waals surface area contributed by atoms with Gasteiger partial charge in [0.1, 0.15) is 0 Å². The van der Waals surface area contributed by atoms with Gasteiger partial charge in [-0.05, 0) is 25.6 Å². The minimum Gasteiger partial charge on any atom is -0.319 e. The molecule has 0 aliphatic rings. The molecule has 0 spiro atoms. The average molecular weight is 255 g/mol. The lowest BCUT2D eigenvalue weighted by Crippen LogP contribution is -2.09. The molecule has 0 fully saturated rings. The second-order valence-corrected chi connectivity index (χ2v) is 3.87. The minimum atomic E-state index is -1.47. The van der Waals surface area contributed by atoms with Crippen molar-refractivity contribution in [3.05, 3.63) is 47.5 Å². The summed E-state index contributed by atoms with van der Waals surface area (Å²) in [5.41, 5.74) is 1.08. The van der Waals surface area contributed by atoms with Crippen molar-refractivity contribution in [2.45, 2.75) is 6.42 Å². The Morgan fingerprint density at radius 2 is 1.89 bits per heavy atom. The molecule has 0 aliphatic carbocycles. The number of benzene rings is 1. The largest absolute Gasteiger partial charge is 0.319 e. The van der Waals surface area contributed by atoms with Crippen LogP contribution in [0.15, 0.2) is 24.5 Å². The zero-order chi connectivity index (χ0) is 13.1. The number of likely N-dealkylation sites (N-methyl/N-ethyl adjacent to an activating group) is 1. The average Bonchev–Trinajstić information content (AvgIpc) is 2.81. The van der Waals surface area contributed by atoms with Gasteiger partial charge in [-0.2, -0.15) is 5.10 Å². The summed E-state index contributed by atoms with van der Waals surface area (Å²) in [6.45, 7) is 0.776. The highest BCUT2D eigenvalue weighted by atomic mass is 19.2. The Morgan fingerprint density at radius 3 is 2.50 bits per heavy atom. The Hall–Kier alpha value is -1.82. The van der Waals surface area contributed by atoms with Crippen LogP contribution in [0.4, 0.5) is 13.2 Å². The van der Waals surface area contributed by atoms with E-state index >= 15 is 0 Å². The maximum atomic E-state index is 13.1. The molecule has 1 heterocycles. The highest BCUT2D eigenvalue weighted by Crippen LogP contribution is 2.16. The van der Waals surface area contributed by atoms with E-state index in [0.717, 1.165) is 30.7 Å². The van der Waals surface area contributed by atoms with Crippen molar-refractivity contribution in [3.8, 4) is 5.69 Å². The zero-order valence-corrected chi connectivity index (χ0v) is 9.75. The first-order chi connectivity index (χ1) is 8.61. The first-order valence-corrected chi connectivity index (χ1v) is 5.45. The van der Waals surface area contributed by atoms with Crippen LogP contribution < -0.4 is 5.32 Å². The fourth-order valence-corrected chi connectivity index (χ4v) is 1.57. The number of nitrogens with zero attached hydrogens (tertiary/aromatic N) is 2. The van der Waals surface area contributed by atoms with Crippen LogP contribution in [0.3, 0.4) is 0 Å². The SMILES string of the molecule is CNCCc1cnn(-c2cc(F)c(F)c(F)c2)c1. The molecule has 0 saturated heterocycles. The van der Waals surface area contributed by atoms with Gasteiger partial charge in [0.2, 0.25) is 0 Å². The van der Waals surface area contributed by atoms with E-state index in [1.165, 1.54) is 4.68 Å². The first-order valence-electron chi connectivity index (χ1n) is 5.45. The summed E-state index contributed by atoms with van der Waals surface area (Å²) in [6.07, 6.45) is 4.02. The standard InChI is InChI=1S/C12H12F3N3/c1-16-3-2-8-6-17-18(7-8)9-4-10(13)12(15)11(14)5-9/h4-7,16H,2-3H2,1H3. The molecule has 6 heteroatoms. The van der Waals surface area contributed by atoms with Crippen LogP contribution in [0.2, 0.25) is 0 Å². The van der Waals surface area contributed by atoms with E-state index in [4.69, 9.17) is 0 Å². The van der Waals surface area contributed by atoms with Crippen LogP contribution in [-0.2, 0) is 6.42 Å². The fourth-order valence-electron chi connectivity index (χ4n) is 1.57. The monoisotopic (exact) mass is 255 g/mol.